The summed E-state index contributed by atoms with van der Waals surface area (Å²) in [6, 6.07) is 2.29. The van der Waals surface area contributed by atoms with Crippen LogP contribution >= 0.6 is 11.8 Å². The Hall–Kier alpha value is -1.10. The van der Waals surface area contributed by atoms with Gasteiger partial charge in [0, 0.05) is 11.3 Å². The summed E-state index contributed by atoms with van der Waals surface area (Å²) in [5.74, 6) is -1.86. The molecule has 0 spiro atoms. The maximum atomic E-state index is 13.4. The summed E-state index contributed by atoms with van der Waals surface area (Å²) in [4.78, 5) is 10.5. The number of carbonyl (C=O) groups is 1. The van der Waals surface area contributed by atoms with Crippen LogP contribution < -0.4 is 0 Å². The molecule has 0 amide bonds. The van der Waals surface area contributed by atoms with Crippen molar-refractivity contribution >= 4 is 17.7 Å². The molecule has 2 nitrogen and oxygen atoms in total. The van der Waals surface area contributed by atoms with E-state index in [9.17, 15) is 13.6 Å². The van der Waals surface area contributed by atoms with Crippen LogP contribution in [0.3, 0.4) is 0 Å². The maximum Gasteiger partial charge on any atom is 0.303 e. The van der Waals surface area contributed by atoms with Crippen molar-refractivity contribution in [1.29, 1.82) is 0 Å². The van der Waals surface area contributed by atoms with Gasteiger partial charge in [-0.05, 0) is 36.8 Å². The average molecular weight is 246 g/mol. The topological polar surface area (TPSA) is 37.3 Å². The quantitative estimate of drug-likeness (QED) is 0.811. The second kappa shape index (κ2) is 5.84. The van der Waals surface area contributed by atoms with Crippen molar-refractivity contribution in [3.8, 4) is 0 Å². The van der Waals surface area contributed by atoms with E-state index in [1.54, 1.807) is 6.26 Å². The van der Waals surface area contributed by atoms with E-state index in [1.165, 1.54) is 0 Å². The van der Waals surface area contributed by atoms with Gasteiger partial charge >= 0.3 is 5.97 Å². The van der Waals surface area contributed by atoms with Crippen molar-refractivity contribution in [2.75, 3.05) is 6.26 Å². The summed E-state index contributed by atoms with van der Waals surface area (Å²) in [7, 11) is 0. The van der Waals surface area contributed by atoms with Gasteiger partial charge in [0.15, 0.2) is 0 Å². The molecular formula is C11H12F2O2S. The molecule has 16 heavy (non-hydrogen) atoms. The van der Waals surface area contributed by atoms with E-state index in [-0.39, 0.29) is 23.3 Å². The molecule has 88 valence electrons. The summed E-state index contributed by atoms with van der Waals surface area (Å²) >= 11 is 1.14. The van der Waals surface area contributed by atoms with Gasteiger partial charge in [0.1, 0.15) is 11.6 Å². The minimum Gasteiger partial charge on any atom is -0.481 e. The molecule has 0 aliphatic rings. The highest BCUT2D eigenvalue weighted by molar-refractivity contribution is 7.98. The van der Waals surface area contributed by atoms with Gasteiger partial charge in [-0.15, -0.1) is 11.8 Å². The molecule has 1 rings (SSSR count). The van der Waals surface area contributed by atoms with Crippen LogP contribution in [0.1, 0.15) is 18.4 Å². The van der Waals surface area contributed by atoms with E-state index in [1.807, 2.05) is 0 Å². The van der Waals surface area contributed by atoms with Crippen LogP contribution in [0, 0.1) is 11.6 Å². The first kappa shape index (κ1) is 13.0. The Morgan fingerprint density at radius 3 is 2.62 bits per heavy atom. The van der Waals surface area contributed by atoms with E-state index in [4.69, 9.17) is 5.11 Å². The van der Waals surface area contributed by atoms with E-state index in [2.05, 4.69) is 0 Å². The molecule has 0 bridgehead atoms. The number of aryl methyl sites for hydroxylation is 1. The second-order valence-corrected chi connectivity index (χ2v) is 4.17. The molecule has 1 aromatic rings. The van der Waals surface area contributed by atoms with E-state index in [0.717, 1.165) is 23.9 Å². The Balaban J connectivity index is 2.73. The number of halogens is 2. The molecule has 0 saturated carbocycles. The van der Waals surface area contributed by atoms with Gasteiger partial charge in [-0.2, -0.15) is 0 Å². The first-order valence-electron chi connectivity index (χ1n) is 4.78. The monoisotopic (exact) mass is 246 g/mol. The smallest absolute Gasteiger partial charge is 0.303 e. The number of benzene rings is 1. The first-order valence-corrected chi connectivity index (χ1v) is 6.00. The second-order valence-electron chi connectivity index (χ2n) is 3.33. The Morgan fingerprint density at radius 2 is 2.06 bits per heavy atom. The Kier molecular flexibility index (Phi) is 4.73. The fraction of sp³-hybridized carbons (Fsp3) is 0.364. The third-order valence-electron chi connectivity index (χ3n) is 2.16. The van der Waals surface area contributed by atoms with Crippen LogP contribution in [0.4, 0.5) is 8.78 Å². The molecule has 0 aliphatic heterocycles. The van der Waals surface area contributed by atoms with Crippen LogP contribution in [-0.4, -0.2) is 17.3 Å². The van der Waals surface area contributed by atoms with Gasteiger partial charge < -0.3 is 5.11 Å². The fourth-order valence-corrected chi connectivity index (χ4v) is 1.82. The zero-order chi connectivity index (χ0) is 12.1. The Bertz CT molecular complexity index is 394. The normalized spacial score (nSPS) is 10.4. The number of rotatable bonds is 5. The van der Waals surface area contributed by atoms with Crippen molar-refractivity contribution in [2.24, 2.45) is 0 Å². The summed E-state index contributed by atoms with van der Waals surface area (Å²) < 4.78 is 26.7. The lowest BCUT2D eigenvalue weighted by Crippen LogP contribution is -1.98. The molecule has 0 fully saturated rings. The van der Waals surface area contributed by atoms with Crippen LogP contribution in [0.15, 0.2) is 17.0 Å². The van der Waals surface area contributed by atoms with Crippen molar-refractivity contribution in [3.05, 3.63) is 29.3 Å². The maximum absolute atomic E-state index is 13.4. The van der Waals surface area contributed by atoms with Crippen molar-refractivity contribution < 1.29 is 18.7 Å². The standard InChI is InChI=1S/C11H12F2O2S/c1-16-10-6-8(12)7(5-9(10)13)3-2-4-11(14)15/h5-6H,2-4H2,1H3,(H,14,15). The number of hydrogen-bond acceptors (Lipinski definition) is 2. The molecule has 0 aliphatic carbocycles. The van der Waals surface area contributed by atoms with Crippen LogP contribution in [0.2, 0.25) is 0 Å². The largest absolute Gasteiger partial charge is 0.481 e. The number of thioether (sulfide) groups is 1. The highest BCUT2D eigenvalue weighted by Crippen LogP contribution is 2.23. The van der Waals surface area contributed by atoms with Gasteiger partial charge in [0.2, 0.25) is 0 Å². The number of carboxylic acids is 1. The molecule has 1 aromatic carbocycles. The van der Waals surface area contributed by atoms with Gasteiger partial charge in [-0.25, -0.2) is 8.78 Å². The first-order chi connectivity index (χ1) is 7.54. The van der Waals surface area contributed by atoms with Gasteiger partial charge in [0.25, 0.3) is 0 Å². The summed E-state index contributed by atoms with van der Waals surface area (Å²) in [6.07, 6.45) is 2.18. The number of aliphatic carboxylic acids is 1. The zero-order valence-electron chi connectivity index (χ0n) is 8.80. The molecule has 0 unspecified atom stereocenters. The van der Waals surface area contributed by atoms with Crippen LogP contribution in [0.25, 0.3) is 0 Å². The molecule has 0 saturated heterocycles. The van der Waals surface area contributed by atoms with Gasteiger partial charge in [-0.1, -0.05) is 0 Å². The SMILES string of the molecule is CSc1cc(F)c(CCCC(=O)O)cc1F. The van der Waals surface area contributed by atoms with Gasteiger partial charge in [0.05, 0.1) is 0 Å². The predicted octanol–water partition coefficient (Wildman–Crippen LogP) is 3.09. The van der Waals surface area contributed by atoms with E-state index < -0.39 is 17.6 Å². The fourth-order valence-electron chi connectivity index (χ4n) is 1.35. The lowest BCUT2D eigenvalue weighted by Gasteiger charge is -2.05. The predicted molar refractivity (Wildman–Crippen MR) is 58.7 cm³/mol. The Morgan fingerprint density at radius 1 is 1.38 bits per heavy atom. The molecular weight excluding hydrogens is 234 g/mol. The molecule has 0 radical (unpaired) electrons. The lowest BCUT2D eigenvalue weighted by molar-refractivity contribution is -0.137. The zero-order valence-corrected chi connectivity index (χ0v) is 9.61. The minimum atomic E-state index is -0.929. The third-order valence-corrected chi connectivity index (χ3v) is 2.91. The summed E-state index contributed by atoms with van der Waals surface area (Å²) in [5, 5.41) is 8.43. The molecule has 0 heterocycles. The van der Waals surface area contributed by atoms with Crippen LogP contribution in [-0.2, 0) is 11.2 Å². The average Bonchev–Trinajstić information content (AvgIpc) is 2.22. The number of carboxylic acid groups (broad SMARTS) is 1. The summed E-state index contributed by atoms with van der Waals surface area (Å²) in [6.45, 7) is 0. The molecule has 1 N–H and O–H groups in total. The van der Waals surface area contributed by atoms with E-state index in [0.29, 0.717) is 6.42 Å². The Labute approximate surface area is 96.7 Å². The van der Waals surface area contributed by atoms with E-state index >= 15 is 0 Å². The highest BCUT2D eigenvalue weighted by Gasteiger charge is 2.09. The lowest BCUT2D eigenvalue weighted by atomic mass is 10.1. The van der Waals surface area contributed by atoms with Crippen LogP contribution in [0.5, 0.6) is 0 Å². The third kappa shape index (κ3) is 3.48. The number of hydrogen-bond donors (Lipinski definition) is 1. The minimum absolute atomic E-state index is 0.0364. The highest BCUT2D eigenvalue weighted by atomic mass is 32.2. The molecule has 0 atom stereocenters. The van der Waals surface area contributed by atoms with Crippen molar-refractivity contribution in [2.45, 2.75) is 24.2 Å². The molecule has 5 heteroatoms. The molecule has 0 aromatic heterocycles. The van der Waals surface area contributed by atoms with Gasteiger partial charge in [-0.3, -0.25) is 4.79 Å². The van der Waals surface area contributed by atoms with Crippen molar-refractivity contribution in [1.82, 2.24) is 0 Å². The summed E-state index contributed by atoms with van der Waals surface area (Å²) in [5.41, 5.74) is 0.233. The van der Waals surface area contributed by atoms with Crippen molar-refractivity contribution in [3.63, 3.8) is 0 Å².